The molecule has 1 N–H and O–H groups in total. The van der Waals surface area contributed by atoms with Crippen molar-refractivity contribution >= 4 is 18.1 Å². The van der Waals surface area contributed by atoms with Crippen LogP contribution in [-0.2, 0) is 9.53 Å². The van der Waals surface area contributed by atoms with Gasteiger partial charge in [0.05, 0.1) is 24.3 Å². The Bertz CT molecular complexity index is 1360. The lowest BCUT2D eigenvalue weighted by Gasteiger charge is -2.26. The van der Waals surface area contributed by atoms with E-state index in [-0.39, 0.29) is 11.9 Å². The number of hydrogen-bond acceptors (Lipinski definition) is 6. The number of hydrogen-bond donors (Lipinski definition) is 1. The minimum absolute atomic E-state index is 0.272. The Kier molecular flexibility index (Phi) is 6.13. The van der Waals surface area contributed by atoms with Crippen molar-refractivity contribution in [2.24, 2.45) is 5.10 Å². The number of hydrazone groups is 1. The van der Waals surface area contributed by atoms with Gasteiger partial charge in [-0.2, -0.15) is 5.10 Å². The first kappa shape index (κ1) is 22.2. The van der Waals surface area contributed by atoms with E-state index in [0.717, 1.165) is 16.7 Å². The van der Waals surface area contributed by atoms with Crippen LogP contribution in [-0.4, -0.2) is 24.7 Å². The third-order valence-electron chi connectivity index (χ3n) is 5.62. The third-order valence-corrected chi connectivity index (χ3v) is 5.62. The van der Waals surface area contributed by atoms with Gasteiger partial charge in [-0.1, -0.05) is 48.5 Å². The topological polar surface area (TPSA) is 90.1 Å². The number of carbonyl (C=O) groups is 2. The fourth-order valence-corrected chi connectivity index (χ4v) is 3.98. The summed E-state index contributed by atoms with van der Waals surface area (Å²) in [6.07, 6.45) is 1.45. The van der Waals surface area contributed by atoms with Crippen LogP contribution in [0.1, 0.15) is 40.1 Å². The minimum atomic E-state index is -0.543. The molecule has 0 unspecified atom stereocenters. The fourth-order valence-electron chi connectivity index (χ4n) is 3.98. The highest BCUT2D eigenvalue weighted by molar-refractivity contribution is 5.91. The van der Waals surface area contributed by atoms with Gasteiger partial charge in [-0.25, -0.2) is 10.2 Å². The summed E-state index contributed by atoms with van der Waals surface area (Å²) < 4.78 is 16.8. The monoisotopic (exact) mass is 466 g/mol. The second-order valence-corrected chi connectivity index (χ2v) is 7.84. The SMILES string of the molecule is CCOC(=O)c1ccc(-c2ccc(C=NNC(=O)C3c4ccccc4Oc4ccccc43)o2)cc1. The molecule has 1 amide bonds. The molecule has 1 aromatic heterocycles. The Labute approximate surface area is 202 Å². The van der Waals surface area contributed by atoms with Gasteiger partial charge in [0.25, 0.3) is 5.91 Å². The predicted molar refractivity (Wildman–Crippen MR) is 131 cm³/mol. The highest BCUT2D eigenvalue weighted by atomic mass is 16.5. The predicted octanol–water partition coefficient (Wildman–Crippen LogP) is 5.51. The summed E-state index contributed by atoms with van der Waals surface area (Å²) in [5.41, 5.74) is 5.47. The Balaban J connectivity index is 1.29. The first-order chi connectivity index (χ1) is 17.1. The van der Waals surface area contributed by atoms with Gasteiger partial charge >= 0.3 is 5.97 Å². The molecule has 7 nitrogen and oxygen atoms in total. The Morgan fingerprint density at radius 2 is 1.57 bits per heavy atom. The zero-order valence-electron chi connectivity index (χ0n) is 18.9. The molecule has 0 saturated carbocycles. The van der Waals surface area contributed by atoms with Crippen LogP contribution >= 0.6 is 0 Å². The van der Waals surface area contributed by atoms with E-state index in [0.29, 0.717) is 35.2 Å². The van der Waals surface area contributed by atoms with E-state index in [1.807, 2.05) is 48.5 Å². The lowest BCUT2D eigenvalue weighted by molar-refractivity contribution is -0.121. The van der Waals surface area contributed by atoms with E-state index in [1.165, 1.54) is 6.21 Å². The van der Waals surface area contributed by atoms with Crippen molar-refractivity contribution in [2.45, 2.75) is 12.8 Å². The molecule has 0 aliphatic carbocycles. The van der Waals surface area contributed by atoms with E-state index in [1.54, 1.807) is 43.3 Å². The van der Waals surface area contributed by atoms with Crippen molar-refractivity contribution in [1.82, 2.24) is 5.43 Å². The lowest BCUT2D eigenvalue weighted by Crippen LogP contribution is -2.28. The molecule has 3 aromatic carbocycles. The summed E-state index contributed by atoms with van der Waals surface area (Å²) in [6, 6.07) is 25.5. The van der Waals surface area contributed by atoms with Crippen LogP contribution in [0.4, 0.5) is 0 Å². The molecule has 174 valence electrons. The minimum Gasteiger partial charge on any atom is -0.462 e. The maximum Gasteiger partial charge on any atom is 0.338 e. The Hall–Kier alpha value is -4.65. The lowest BCUT2D eigenvalue weighted by atomic mass is 9.87. The summed E-state index contributed by atoms with van der Waals surface area (Å²) in [5, 5.41) is 4.11. The summed E-state index contributed by atoms with van der Waals surface area (Å²) in [6.45, 7) is 2.09. The van der Waals surface area contributed by atoms with Gasteiger partial charge in [0, 0.05) is 16.7 Å². The number of furan rings is 1. The number of nitrogens with one attached hydrogen (secondary N) is 1. The number of para-hydroxylation sites is 2. The van der Waals surface area contributed by atoms with Crippen LogP contribution in [0.15, 0.2) is 94.4 Å². The molecule has 1 aliphatic heterocycles. The van der Waals surface area contributed by atoms with Gasteiger partial charge in [-0.3, -0.25) is 4.79 Å². The number of ether oxygens (including phenoxy) is 2. The van der Waals surface area contributed by atoms with Gasteiger partial charge in [-0.05, 0) is 43.3 Å². The third kappa shape index (κ3) is 4.56. The molecule has 0 fully saturated rings. The molecule has 0 saturated heterocycles. The number of nitrogens with zero attached hydrogens (tertiary/aromatic N) is 1. The number of carbonyl (C=O) groups excluding carboxylic acids is 2. The van der Waals surface area contributed by atoms with Gasteiger partial charge in [0.15, 0.2) is 0 Å². The van der Waals surface area contributed by atoms with Gasteiger partial charge < -0.3 is 13.9 Å². The maximum atomic E-state index is 13.1. The first-order valence-electron chi connectivity index (χ1n) is 11.2. The molecule has 35 heavy (non-hydrogen) atoms. The normalized spacial score (nSPS) is 12.5. The van der Waals surface area contributed by atoms with E-state index in [2.05, 4.69) is 10.5 Å². The molecule has 0 radical (unpaired) electrons. The largest absolute Gasteiger partial charge is 0.462 e. The number of amides is 1. The van der Waals surface area contributed by atoms with Crippen molar-refractivity contribution in [3.63, 3.8) is 0 Å². The van der Waals surface area contributed by atoms with Gasteiger partial charge in [0.1, 0.15) is 23.0 Å². The summed E-state index contributed by atoms with van der Waals surface area (Å²) in [4.78, 5) is 24.9. The summed E-state index contributed by atoms with van der Waals surface area (Å²) in [7, 11) is 0. The van der Waals surface area contributed by atoms with Crippen molar-refractivity contribution in [1.29, 1.82) is 0 Å². The van der Waals surface area contributed by atoms with E-state index >= 15 is 0 Å². The number of fused-ring (bicyclic) bond motifs is 2. The van der Waals surface area contributed by atoms with Gasteiger partial charge in [-0.15, -0.1) is 0 Å². The molecular formula is C28H22N2O5. The highest BCUT2D eigenvalue weighted by Crippen LogP contribution is 2.43. The molecule has 5 rings (SSSR count). The zero-order chi connectivity index (χ0) is 24.2. The van der Waals surface area contributed by atoms with Crippen LogP contribution in [0.3, 0.4) is 0 Å². The van der Waals surface area contributed by atoms with Crippen molar-refractivity contribution in [2.75, 3.05) is 6.61 Å². The van der Waals surface area contributed by atoms with Crippen LogP contribution < -0.4 is 10.2 Å². The van der Waals surface area contributed by atoms with E-state index < -0.39 is 5.92 Å². The smallest absolute Gasteiger partial charge is 0.338 e. The second kappa shape index (κ2) is 9.69. The molecule has 0 spiro atoms. The number of esters is 1. The molecule has 7 heteroatoms. The summed E-state index contributed by atoms with van der Waals surface area (Å²) in [5.74, 6) is 1.21. The van der Waals surface area contributed by atoms with Crippen LogP contribution in [0.2, 0.25) is 0 Å². The standard InChI is InChI=1S/C28H22N2O5/c1-2-33-28(32)19-13-11-18(12-14-19)23-16-15-20(34-23)17-29-30-27(31)26-21-7-3-5-9-24(21)35-25-10-6-4-8-22(25)26/h3-17,26H,2H2,1H3,(H,30,31). The maximum absolute atomic E-state index is 13.1. The molecule has 1 aliphatic rings. The number of benzene rings is 3. The quantitative estimate of drug-likeness (QED) is 0.230. The van der Waals surface area contributed by atoms with Crippen LogP contribution in [0, 0.1) is 0 Å². The van der Waals surface area contributed by atoms with Crippen molar-refractivity contribution in [3.05, 3.63) is 107 Å². The van der Waals surface area contributed by atoms with E-state index in [9.17, 15) is 9.59 Å². The zero-order valence-corrected chi connectivity index (χ0v) is 18.9. The molecule has 4 aromatic rings. The number of rotatable bonds is 6. The van der Waals surface area contributed by atoms with Gasteiger partial charge in [0.2, 0.25) is 0 Å². The molecule has 2 heterocycles. The average Bonchev–Trinajstić information content (AvgIpc) is 3.36. The highest BCUT2D eigenvalue weighted by Gasteiger charge is 2.32. The van der Waals surface area contributed by atoms with Crippen molar-refractivity contribution < 1.29 is 23.5 Å². The fraction of sp³-hybridized carbons (Fsp3) is 0.107. The average molecular weight is 466 g/mol. The molecule has 0 bridgehead atoms. The van der Waals surface area contributed by atoms with Crippen LogP contribution in [0.5, 0.6) is 11.5 Å². The summed E-state index contributed by atoms with van der Waals surface area (Å²) >= 11 is 0. The van der Waals surface area contributed by atoms with E-state index in [4.69, 9.17) is 13.9 Å². The Morgan fingerprint density at radius 3 is 2.23 bits per heavy atom. The molecule has 0 atom stereocenters. The van der Waals surface area contributed by atoms with Crippen LogP contribution in [0.25, 0.3) is 11.3 Å². The second-order valence-electron chi connectivity index (χ2n) is 7.84. The first-order valence-corrected chi connectivity index (χ1v) is 11.2. The Morgan fingerprint density at radius 1 is 0.914 bits per heavy atom. The molecular weight excluding hydrogens is 444 g/mol. The van der Waals surface area contributed by atoms with Crippen molar-refractivity contribution in [3.8, 4) is 22.8 Å².